The van der Waals surface area contributed by atoms with Crippen molar-refractivity contribution in [2.24, 2.45) is 0 Å². The summed E-state index contributed by atoms with van der Waals surface area (Å²) in [4.78, 5) is 36.4. The molecule has 1 aliphatic heterocycles. The lowest BCUT2D eigenvalue weighted by atomic mass is 9.96. The minimum atomic E-state index is -1.13. The SMILES string of the molecule is O=C(O)COC(=S)CN1C(=O)[C@H](NC(=O)Cc2ccccc2)[C@@H]1CI. The highest BCUT2D eigenvalue weighted by molar-refractivity contribution is 14.1. The van der Waals surface area contributed by atoms with Crippen LogP contribution in [0.2, 0.25) is 0 Å². The van der Waals surface area contributed by atoms with Crippen LogP contribution in [-0.2, 0) is 25.5 Å². The molecule has 0 saturated carbocycles. The minimum absolute atomic E-state index is 0.0414. The molecule has 1 fully saturated rings. The molecule has 2 amide bonds. The molecule has 9 heteroatoms. The lowest BCUT2D eigenvalue weighted by molar-refractivity contribution is -0.151. The van der Waals surface area contributed by atoms with Crippen molar-refractivity contribution in [2.45, 2.75) is 18.5 Å². The number of nitrogens with zero attached hydrogens (tertiary/aromatic N) is 1. The highest BCUT2D eigenvalue weighted by Crippen LogP contribution is 2.22. The Morgan fingerprint density at radius 2 is 2.00 bits per heavy atom. The third-order valence-corrected chi connectivity index (χ3v) is 4.82. The van der Waals surface area contributed by atoms with Crippen molar-refractivity contribution < 1.29 is 24.2 Å². The number of hydrogen-bond acceptors (Lipinski definition) is 5. The molecule has 1 aliphatic rings. The number of halogens is 1. The smallest absolute Gasteiger partial charge is 0.341 e. The molecule has 0 bridgehead atoms. The Morgan fingerprint density at radius 3 is 2.60 bits per heavy atom. The van der Waals surface area contributed by atoms with Crippen LogP contribution in [0.4, 0.5) is 0 Å². The van der Waals surface area contributed by atoms with Crippen LogP contribution in [0.25, 0.3) is 0 Å². The van der Waals surface area contributed by atoms with E-state index in [-0.39, 0.29) is 35.9 Å². The number of thiocarbonyl (C=S) groups is 1. The predicted molar refractivity (Wildman–Crippen MR) is 103 cm³/mol. The van der Waals surface area contributed by atoms with Gasteiger partial charge in [0, 0.05) is 4.43 Å². The van der Waals surface area contributed by atoms with Gasteiger partial charge >= 0.3 is 5.97 Å². The summed E-state index contributed by atoms with van der Waals surface area (Å²) in [5, 5.41) is 11.4. The normalized spacial score (nSPS) is 19.1. The molecule has 0 aromatic heterocycles. The van der Waals surface area contributed by atoms with E-state index in [4.69, 9.17) is 22.1 Å². The number of carboxylic acid groups (broad SMARTS) is 1. The van der Waals surface area contributed by atoms with E-state index in [0.29, 0.717) is 4.43 Å². The second-order valence-corrected chi connectivity index (χ2v) is 6.79. The second-order valence-electron chi connectivity index (χ2n) is 5.45. The van der Waals surface area contributed by atoms with Gasteiger partial charge in [-0.25, -0.2) is 4.79 Å². The van der Waals surface area contributed by atoms with Crippen LogP contribution in [0.3, 0.4) is 0 Å². The standard InChI is InChI=1S/C16H17IN2O5S/c17-7-11-15(18-12(20)6-10-4-2-1-3-5-10)16(23)19(11)8-14(25)24-9-13(21)22/h1-5,11,15H,6-9H2,(H,18,20)(H,21,22)/t11-,15+/m0/s1. The number of carboxylic acids is 1. The summed E-state index contributed by atoms with van der Waals surface area (Å²) in [7, 11) is 0. The first-order valence-electron chi connectivity index (χ1n) is 7.49. The number of amides is 2. The van der Waals surface area contributed by atoms with Crippen LogP contribution < -0.4 is 5.32 Å². The Labute approximate surface area is 163 Å². The Kier molecular flexibility index (Phi) is 7.12. The number of rotatable bonds is 8. The zero-order valence-electron chi connectivity index (χ0n) is 13.2. The summed E-state index contributed by atoms with van der Waals surface area (Å²) in [6, 6.07) is 8.49. The molecule has 25 heavy (non-hydrogen) atoms. The van der Waals surface area contributed by atoms with Crippen molar-refractivity contribution in [2.75, 3.05) is 17.6 Å². The van der Waals surface area contributed by atoms with Gasteiger partial charge in [-0.05, 0) is 17.8 Å². The van der Waals surface area contributed by atoms with Gasteiger partial charge in [0.1, 0.15) is 6.04 Å². The number of carbonyl (C=O) groups is 3. The van der Waals surface area contributed by atoms with Crippen LogP contribution >= 0.6 is 34.8 Å². The molecule has 134 valence electrons. The van der Waals surface area contributed by atoms with Gasteiger partial charge in [-0.15, -0.1) is 0 Å². The molecule has 2 rings (SSSR count). The van der Waals surface area contributed by atoms with Gasteiger partial charge in [0.15, 0.2) is 11.7 Å². The monoisotopic (exact) mass is 476 g/mol. The second kappa shape index (κ2) is 9.09. The third-order valence-electron chi connectivity index (χ3n) is 3.67. The number of hydrogen-bond donors (Lipinski definition) is 2. The Bertz CT molecular complexity index is 670. The summed E-state index contributed by atoms with van der Waals surface area (Å²) in [5.41, 5.74) is 0.873. The fourth-order valence-electron chi connectivity index (χ4n) is 2.46. The van der Waals surface area contributed by atoms with Crippen LogP contribution in [0, 0.1) is 0 Å². The van der Waals surface area contributed by atoms with Crippen LogP contribution in [0.5, 0.6) is 0 Å². The molecule has 7 nitrogen and oxygen atoms in total. The molecular formula is C16H17IN2O5S. The highest BCUT2D eigenvalue weighted by atomic mass is 127. The summed E-state index contributed by atoms with van der Waals surface area (Å²) < 4.78 is 5.51. The van der Waals surface area contributed by atoms with Crippen LogP contribution in [0.1, 0.15) is 5.56 Å². The first kappa shape index (κ1) is 19.6. The summed E-state index contributed by atoms with van der Waals surface area (Å²) in [6.45, 7) is -0.493. The van der Waals surface area contributed by atoms with Gasteiger partial charge in [-0.3, -0.25) is 9.59 Å². The number of aliphatic carboxylic acids is 1. The number of β-lactam (4-membered cyclic amide) rings is 1. The Morgan fingerprint density at radius 1 is 1.32 bits per heavy atom. The number of ether oxygens (including phenoxy) is 1. The molecule has 1 heterocycles. The zero-order chi connectivity index (χ0) is 18.4. The summed E-state index contributed by atoms with van der Waals surface area (Å²) in [5.74, 6) is -1.60. The highest BCUT2D eigenvalue weighted by Gasteiger charge is 2.47. The molecule has 1 saturated heterocycles. The first-order valence-corrected chi connectivity index (χ1v) is 9.43. The summed E-state index contributed by atoms with van der Waals surface area (Å²) in [6.07, 6.45) is 0.207. The molecule has 1 aromatic carbocycles. The van der Waals surface area contributed by atoms with E-state index in [1.807, 2.05) is 30.3 Å². The lowest BCUT2D eigenvalue weighted by Crippen LogP contribution is -2.72. The topological polar surface area (TPSA) is 95.9 Å². The number of nitrogens with one attached hydrogen (secondary N) is 1. The van der Waals surface area contributed by atoms with Gasteiger partial charge < -0.3 is 20.1 Å². The molecule has 2 atom stereocenters. The minimum Gasteiger partial charge on any atom is -0.479 e. The van der Waals surface area contributed by atoms with E-state index >= 15 is 0 Å². The van der Waals surface area contributed by atoms with Gasteiger partial charge in [0.25, 0.3) is 0 Å². The maximum absolute atomic E-state index is 12.3. The number of likely N-dealkylation sites (tertiary alicyclic amines) is 1. The maximum Gasteiger partial charge on any atom is 0.341 e. The van der Waals surface area contributed by atoms with Crippen LogP contribution in [0.15, 0.2) is 30.3 Å². The molecule has 2 N–H and O–H groups in total. The van der Waals surface area contributed by atoms with Crippen molar-refractivity contribution in [3.05, 3.63) is 35.9 Å². The van der Waals surface area contributed by atoms with Crippen molar-refractivity contribution >= 4 is 57.6 Å². The van der Waals surface area contributed by atoms with Crippen molar-refractivity contribution in [1.82, 2.24) is 10.2 Å². The average molecular weight is 476 g/mol. The quantitative estimate of drug-likeness (QED) is 0.249. The first-order chi connectivity index (χ1) is 11.9. The fraction of sp³-hybridized carbons (Fsp3) is 0.375. The van der Waals surface area contributed by atoms with Gasteiger partial charge in [0.2, 0.25) is 11.8 Å². The van der Waals surface area contributed by atoms with Gasteiger partial charge in [-0.2, -0.15) is 0 Å². The zero-order valence-corrected chi connectivity index (χ0v) is 16.2. The van der Waals surface area contributed by atoms with Crippen molar-refractivity contribution in [1.29, 1.82) is 0 Å². The van der Waals surface area contributed by atoms with Crippen molar-refractivity contribution in [3.8, 4) is 0 Å². The molecule has 0 radical (unpaired) electrons. The third kappa shape index (κ3) is 5.36. The van der Waals surface area contributed by atoms with E-state index in [1.54, 1.807) is 0 Å². The van der Waals surface area contributed by atoms with E-state index < -0.39 is 18.6 Å². The Balaban J connectivity index is 1.86. The summed E-state index contributed by atoms with van der Waals surface area (Å²) >= 11 is 7.08. The average Bonchev–Trinajstić information content (AvgIpc) is 2.59. The number of carbonyl (C=O) groups excluding carboxylic acids is 2. The van der Waals surface area contributed by atoms with E-state index in [1.165, 1.54) is 4.90 Å². The molecular weight excluding hydrogens is 459 g/mol. The molecule has 1 aromatic rings. The van der Waals surface area contributed by atoms with Gasteiger partial charge in [0.05, 0.1) is 19.0 Å². The lowest BCUT2D eigenvalue weighted by Gasteiger charge is -2.46. The van der Waals surface area contributed by atoms with Crippen LogP contribution in [-0.4, -0.2) is 62.5 Å². The Hall–Kier alpha value is -1.75. The number of benzene rings is 1. The largest absolute Gasteiger partial charge is 0.479 e. The van der Waals surface area contributed by atoms with E-state index in [2.05, 4.69) is 27.9 Å². The molecule has 0 unspecified atom stereocenters. The molecule has 0 aliphatic carbocycles. The van der Waals surface area contributed by atoms with E-state index in [9.17, 15) is 14.4 Å². The fourth-order valence-corrected chi connectivity index (χ4v) is 3.64. The maximum atomic E-state index is 12.3. The molecule has 0 spiro atoms. The van der Waals surface area contributed by atoms with Crippen molar-refractivity contribution in [3.63, 3.8) is 0 Å². The number of alkyl halides is 1. The van der Waals surface area contributed by atoms with Gasteiger partial charge in [-0.1, -0.05) is 52.9 Å². The van der Waals surface area contributed by atoms with E-state index in [0.717, 1.165) is 5.56 Å². The predicted octanol–water partition coefficient (Wildman–Crippen LogP) is 0.788.